The van der Waals surface area contributed by atoms with Crippen molar-refractivity contribution < 1.29 is 4.74 Å². The number of rotatable bonds is 4. The van der Waals surface area contributed by atoms with Gasteiger partial charge < -0.3 is 4.74 Å². The number of methoxy groups -OCH3 is 1. The van der Waals surface area contributed by atoms with E-state index in [0.717, 1.165) is 23.9 Å². The van der Waals surface area contributed by atoms with Gasteiger partial charge in [-0.1, -0.05) is 6.07 Å². The van der Waals surface area contributed by atoms with Gasteiger partial charge in [-0.3, -0.25) is 4.98 Å². The van der Waals surface area contributed by atoms with Crippen molar-refractivity contribution in [1.29, 1.82) is 5.26 Å². The first-order chi connectivity index (χ1) is 10.3. The van der Waals surface area contributed by atoms with E-state index in [1.54, 1.807) is 30.1 Å². The molecular weight excluding hydrogens is 264 g/mol. The number of nitriles is 1. The quantitative estimate of drug-likeness (QED) is 0.735. The molecule has 0 aromatic carbocycles. The lowest BCUT2D eigenvalue weighted by atomic mass is 10.1. The van der Waals surface area contributed by atoms with Crippen LogP contribution in [0.3, 0.4) is 0 Å². The Balaban J connectivity index is 1.95. The molecule has 3 aromatic heterocycles. The number of fused-ring (bicyclic) bond motifs is 1. The Bertz CT molecular complexity index is 802. The Morgan fingerprint density at radius 3 is 2.71 bits per heavy atom. The van der Waals surface area contributed by atoms with Gasteiger partial charge in [0, 0.05) is 24.5 Å². The lowest BCUT2D eigenvalue weighted by Crippen LogP contribution is -2.00. The first kappa shape index (κ1) is 13.1. The molecule has 0 aliphatic heterocycles. The zero-order valence-electron chi connectivity index (χ0n) is 11.7. The number of hydrogen-bond donors (Lipinski definition) is 0. The predicted octanol–water partition coefficient (Wildman–Crippen LogP) is 2.39. The summed E-state index contributed by atoms with van der Waals surface area (Å²) in [6.07, 6.45) is 5.38. The number of nitrogens with zero attached hydrogens (tertiary/aromatic N) is 4. The van der Waals surface area contributed by atoms with Gasteiger partial charge in [0.2, 0.25) is 5.88 Å². The number of aryl methyl sites for hydroxylation is 2. The van der Waals surface area contributed by atoms with E-state index in [1.807, 2.05) is 24.3 Å². The molecule has 0 N–H and O–H groups in total. The van der Waals surface area contributed by atoms with Gasteiger partial charge in [0.25, 0.3) is 0 Å². The Morgan fingerprint density at radius 1 is 1.19 bits per heavy atom. The lowest BCUT2D eigenvalue weighted by Gasteiger charge is -2.08. The number of hydrogen-bond acceptors (Lipinski definition) is 4. The van der Waals surface area contributed by atoms with E-state index in [9.17, 15) is 0 Å². The van der Waals surface area contributed by atoms with Gasteiger partial charge in [0.05, 0.1) is 12.6 Å². The Morgan fingerprint density at radius 2 is 2.00 bits per heavy atom. The molecule has 3 aromatic rings. The summed E-state index contributed by atoms with van der Waals surface area (Å²) >= 11 is 0. The van der Waals surface area contributed by atoms with E-state index in [1.165, 1.54) is 5.56 Å². The molecule has 3 rings (SSSR count). The van der Waals surface area contributed by atoms with Crippen LogP contribution in [0.1, 0.15) is 16.8 Å². The minimum absolute atomic E-state index is 0.393. The SMILES string of the molecule is COc1ccc(CCc2ccncc2)c2cc(C#N)nn12. The maximum absolute atomic E-state index is 9.03. The minimum atomic E-state index is 0.393. The van der Waals surface area contributed by atoms with Gasteiger partial charge in [-0.25, -0.2) is 0 Å². The molecule has 0 atom stereocenters. The zero-order chi connectivity index (χ0) is 14.7. The summed E-state index contributed by atoms with van der Waals surface area (Å²) < 4.78 is 6.97. The average molecular weight is 278 g/mol. The van der Waals surface area contributed by atoms with Crippen molar-refractivity contribution in [2.45, 2.75) is 12.8 Å². The summed E-state index contributed by atoms with van der Waals surface area (Å²) in [5, 5.41) is 13.3. The van der Waals surface area contributed by atoms with E-state index in [0.29, 0.717) is 11.6 Å². The second-order valence-corrected chi connectivity index (χ2v) is 4.69. The van der Waals surface area contributed by atoms with Crippen molar-refractivity contribution >= 4 is 5.52 Å². The van der Waals surface area contributed by atoms with Crippen molar-refractivity contribution in [3.05, 3.63) is 59.5 Å². The van der Waals surface area contributed by atoms with Crippen LogP contribution in [0, 0.1) is 11.3 Å². The Labute approximate surface area is 122 Å². The molecule has 3 heterocycles. The number of ether oxygens (including phenoxy) is 1. The molecule has 5 nitrogen and oxygen atoms in total. The standard InChI is InChI=1S/C16H14N4O/c1-21-16-5-4-13(3-2-12-6-8-18-9-7-12)15-10-14(11-17)19-20(15)16/h4-10H,2-3H2,1H3. The molecule has 0 aliphatic carbocycles. The topological polar surface area (TPSA) is 63.2 Å². The molecule has 0 radical (unpaired) electrons. The summed E-state index contributed by atoms with van der Waals surface area (Å²) in [4.78, 5) is 4.02. The molecular formula is C16H14N4O. The predicted molar refractivity (Wildman–Crippen MR) is 78.1 cm³/mol. The summed E-state index contributed by atoms with van der Waals surface area (Å²) in [7, 11) is 1.60. The van der Waals surface area contributed by atoms with E-state index in [2.05, 4.69) is 16.2 Å². The molecule has 0 saturated carbocycles. The summed E-state index contributed by atoms with van der Waals surface area (Å²) in [6, 6.07) is 11.8. The smallest absolute Gasteiger partial charge is 0.214 e. The summed E-state index contributed by atoms with van der Waals surface area (Å²) in [5.41, 5.74) is 3.69. The molecule has 0 amide bonds. The number of aromatic nitrogens is 3. The van der Waals surface area contributed by atoms with Crippen LogP contribution in [-0.2, 0) is 12.8 Å². The maximum atomic E-state index is 9.03. The van der Waals surface area contributed by atoms with Crippen LogP contribution < -0.4 is 4.74 Å². The molecule has 5 heteroatoms. The molecule has 0 saturated heterocycles. The molecule has 0 aliphatic rings. The molecule has 0 spiro atoms. The van der Waals surface area contributed by atoms with Gasteiger partial charge in [-0.2, -0.15) is 14.9 Å². The highest BCUT2D eigenvalue weighted by molar-refractivity contribution is 5.59. The summed E-state index contributed by atoms with van der Waals surface area (Å²) in [6.45, 7) is 0. The fourth-order valence-corrected chi connectivity index (χ4v) is 2.35. The highest BCUT2D eigenvalue weighted by atomic mass is 16.5. The fraction of sp³-hybridized carbons (Fsp3) is 0.188. The average Bonchev–Trinajstić information content (AvgIpc) is 2.98. The third-order valence-corrected chi connectivity index (χ3v) is 3.43. The van der Waals surface area contributed by atoms with Crippen molar-refractivity contribution in [2.75, 3.05) is 7.11 Å². The first-order valence-corrected chi connectivity index (χ1v) is 6.66. The van der Waals surface area contributed by atoms with Crippen molar-refractivity contribution in [3.8, 4) is 11.9 Å². The van der Waals surface area contributed by atoms with E-state index in [-0.39, 0.29) is 0 Å². The van der Waals surface area contributed by atoms with Crippen LogP contribution in [0.15, 0.2) is 42.7 Å². The van der Waals surface area contributed by atoms with Crippen LogP contribution in [-0.4, -0.2) is 21.7 Å². The Hall–Kier alpha value is -2.87. The van der Waals surface area contributed by atoms with Gasteiger partial charge in [0.15, 0.2) is 5.69 Å². The van der Waals surface area contributed by atoms with Crippen molar-refractivity contribution in [3.63, 3.8) is 0 Å². The molecule has 21 heavy (non-hydrogen) atoms. The Kier molecular flexibility index (Phi) is 3.52. The first-order valence-electron chi connectivity index (χ1n) is 6.66. The van der Waals surface area contributed by atoms with Gasteiger partial charge in [-0.15, -0.1) is 0 Å². The van der Waals surface area contributed by atoms with Crippen LogP contribution in [0.25, 0.3) is 5.52 Å². The van der Waals surface area contributed by atoms with Crippen molar-refractivity contribution in [2.24, 2.45) is 0 Å². The zero-order valence-corrected chi connectivity index (χ0v) is 11.7. The second-order valence-electron chi connectivity index (χ2n) is 4.69. The monoisotopic (exact) mass is 278 g/mol. The van der Waals surface area contributed by atoms with Gasteiger partial charge in [-0.05, 0) is 36.1 Å². The van der Waals surface area contributed by atoms with E-state index in [4.69, 9.17) is 10.00 Å². The minimum Gasteiger partial charge on any atom is -0.481 e. The highest BCUT2D eigenvalue weighted by Gasteiger charge is 2.10. The largest absolute Gasteiger partial charge is 0.481 e. The molecule has 0 unspecified atom stereocenters. The third-order valence-electron chi connectivity index (χ3n) is 3.43. The van der Waals surface area contributed by atoms with Gasteiger partial charge >= 0.3 is 0 Å². The highest BCUT2D eigenvalue weighted by Crippen LogP contribution is 2.21. The second kappa shape index (κ2) is 5.63. The van der Waals surface area contributed by atoms with Crippen LogP contribution in [0.4, 0.5) is 0 Å². The van der Waals surface area contributed by atoms with Crippen LogP contribution in [0.5, 0.6) is 5.88 Å². The van der Waals surface area contributed by atoms with Crippen LogP contribution in [0.2, 0.25) is 0 Å². The number of pyridine rings is 2. The lowest BCUT2D eigenvalue weighted by molar-refractivity contribution is 0.385. The molecule has 0 fully saturated rings. The molecule has 104 valence electrons. The third kappa shape index (κ3) is 2.56. The maximum Gasteiger partial charge on any atom is 0.214 e. The fourth-order valence-electron chi connectivity index (χ4n) is 2.35. The normalized spacial score (nSPS) is 10.5. The van der Waals surface area contributed by atoms with E-state index >= 15 is 0 Å². The molecule has 0 bridgehead atoms. The van der Waals surface area contributed by atoms with Crippen LogP contribution >= 0.6 is 0 Å². The van der Waals surface area contributed by atoms with Crippen molar-refractivity contribution in [1.82, 2.24) is 14.6 Å². The summed E-state index contributed by atoms with van der Waals surface area (Å²) in [5.74, 6) is 0.624. The van der Waals surface area contributed by atoms with E-state index < -0.39 is 0 Å². The van der Waals surface area contributed by atoms with Gasteiger partial charge in [0.1, 0.15) is 6.07 Å².